The molecule has 2 aromatic heterocycles. The van der Waals surface area contributed by atoms with Crippen LogP contribution in [0.5, 0.6) is 0 Å². The van der Waals surface area contributed by atoms with Gasteiger partial charge in [-0.2, -0.15) is 4.98 Å². The van der Waals surface area contributed by atoms with Crippen LogP contribution in [0.4, 0.5) is 11.8 Å². The summed E-state index contributed by atoms with van der Waals surface area (Å²) in [5, 5.41) is 2.79. The number of H-pyrrole nitrogens is 1. The van der Waals surface area contributed by atoms with E-state index in [0.29, 0.717) is 29.3 Å². The van der Waals surface area contributed by atoms with Crippen LogP contribution < -0.4 is 15.8 Å². The lowest BCUT2D eigenvalue weighted by molar-refractivity contribution is -0.123. The van der Waals surface area contributed by atoms with Crippen molar-refractivity contribution < 1.29 is 14.3 Å². The van der Waals surface area contributed by atoms with Gasteiger partial charge < -0.3 is 9.64 Å². The van der Waals surface area contributed by atoms with Crippen molar-refractivity contribution in [2.45, 2.75) is 66.8 Å². The molecule has 0 bridgehead atoms. The van der Waals surface area contributed by atoms with E-state index < -0.39 is 5.41 Å². The number of rotatable bonds is 8. The number of esters is 1. The highest BCUT2D eigenvalue weighted by molar-refractivity contribution is 7.14. The predicted octanol–water partition coefficient (Wildman–Crippen LogP) is 5.67. The van der Waals surface area contributed by atoms with Gasteiger partial charge >= 0.3 is 5.97 Å². The Labute approximate surface area is 233 Å². The van der Waals surface area contributed by atoms with E-state index >= 15 is 0 Å². The summed E-state index contributed by atoms with van der Waals surface area (Å²) in [6.45, 7) is 12.5. The predicted molar refractivity (Wildman–Crippen MR) is 156 cm³/mol. The molecule has 1 aliphatic rings. The van der Waals surface area contributed by atoms with Crippen molar-refractivity contribution in [3.05, 3.63) is 73.2 Å². The Kier molecular flexibility index (Phi) is 8.59. The number of anilines is 2. The molecule has 0 saturated heterocycles. The van der Waals surface area contributed by atoms with Crippen LogP contribution >= 0.6 is 11.3 Å². The summed E-state index contributed by atoms with van der Waals surface area (Å²) in [6, 6.07) is 12.0. The first-order valence-electron chi connectivity index (χ1n) is 13.5. The SMILES string of the molecule is CCOC(=O)c1cc(C)c(CC[C@@H]2Cc3c(nc(NC(=O)C(C)(C)C)[nH]c3=O)N([C@H](C)c3ccccc3)C2)s1. The van der Waals surface area contributed by atoms with Gasteiger partial charge in [0, 0.05) is 16.8 Å². The molecule has 0 unspecified atom stereocenters. The molecule has 9 heteroatoms. The van der Waals surface area contributed by atoms with Crippen molar-refractivity contribution in [1.29, 1.82) is 0 Å². The Morgan fingerprint density at radius 2 is 1.97 bits per heavy atom. The zero-order chi connectivity index (χ0) is 28.3. The van der Waals surface area contributed by atoms with Crippen LogP contribution in [-0.4, -0.2) is 35.0 Å². The number of aryl methyl sites for hydroxylation is 2. The number of aromatic nitrogens is 2. The number of hydrogen-bond acceptors (Lipinski definition) is 7. The lowest BCUT2D eigenvalue weighted by atomic mass is 9.89. The molecule has 1 aliphatic heterocycles. The second kappa shape index (κ2) is 11.7. The highest BCUT2D eigenvalue weighted by Gasteiger charge is 2.32. The van der Waals surface area contributed by atoms with Crippen molar-refractivity contribution >= 4 is 35.0 Å². The summed E-state index contributed by atoms with van der Waals surface area (Å²) in [7, 11) is 0. The van der Waals surface area contributed by atoms with Crippen LogP contribution in [0.2, 0.25) is 0 Å². The highest BCUT2D eigenvalue weighted by atomic mass is 32.1. The molecule has 0 aliphatic carbocycles. The van der Waals surface area contributed by atoms with Gasteiger partial charge in [0.05, 0.1) is 18.2 Å². The van der Waals surface area contributed by atoms with E-state index in [1.54, 1.807) is 6.92 Å². The number of amides is 1. The van der Waals surface area contributed by atoms with Gasteiger partial charge in [0.15, 0.2) is 0 Å². The third-order valence-corrected chi connectivity index (χ3v) is 8.43. The number of fused-ring (bicyclic) bond motifs is 1. The lowest BCUT2D eigenvalue weighted by Gasteiger charge is -2.39. The molecule has 0 saturated carbocycles. The highest BCUT2D eigenvalue weighted by Crippen LogP contribution is 2.36. The van der Waals surface area contributed by atoms with Crippen LogP contribution in [0.3, 0.4) is 0 Å². The molecule has 1 amide bonds. The number of hydrogen-bond donors (Lipinski definition) is 2. The molecule has 0 radical (unpaired) electrons. The van der Waals surface area contributed by atoms with E-state index in [1.165, 1.54) is 16.2 Å². The Morgan fingerprint density at radius 1 is 1.26 bits per heavy atom. The minimum Gasteiger partial charge on any atom is -0.462 e. The molecule has 2 N–H and O–H groups in total. The van der Waals surface area contributed by atoms with E-state index in [9.17, 15) is 14.4 Å². The summed E-state index contributed by atoms with van der Waals surface area (Å²) in [5.74, 6) is 0.512. The van der Waals surface area contributed by atoms with Crippen molar-refractivity contribution in [2.75, 3.05) is 23.4 Å². The van der Waals surface area contributed by atoms with E-state index in [-0.39, 0.29) is 35.3 Å². The van der Waals surface area contributed by atoms with Crippen molar-refractivity contribution in [3.8, 4) is 0 Å². The molecule has 1 aromatic carbocycles. The smallest absolute Gasteiger partial charge is 0.348 e. The Morgan fingerprint density at radius 3 is 2.64 bits per heavy atom. The Hall–Kier alpha value is -3.46. The van der Waals surface area contributed by atoms with Crippen LogP contribution in [0.15, 0.2) is 41.2 Å². The van der Waals surface area contributed by atoms with Gasteiger partial charge in [-0.15, -0.1) is 11.3 Å². The van der Waals surface area contributed by atoms with Gasteiger partial charge in [0.2, 0.25) is 11.9 Å². The minimum absolute atomic E-state index is 0.0212. The number of aromatic amines is 1. The van der Waals surface area contributed by atoms with E-state index in [2.05, 4.69) is 34.3 Å². The zero-order valence-corrected chi connectivity index (χ0v) is 24.4. The topological polar surface area (TPSA) is 104 Å². The maximum Gasteiger partial charge on any atom is 0.348 e. The Bertz CT molecular complexity index is 1390. The second-order valence-corrected chi connectivity index (χ2v) is 12.3. The average Bonchev–Trinajstić information content (AvgIpc) is 3.27. The summed E-state index contributed by atoms with van der Waals surface area (Å²) in [6.07, 6.45) is 2.27. The van der Waals surface area contributed by atoms with Crippen LogP contribution in [-0.2, 0) is 22.4 Å². The summed E-state index contributed by atoms with van der Waals surface area (Å²) in [4.78, 5) is 49.7. The quantitative estimate of drug-likeness (QED) is 0.350. The van der Waals surface area contributed by atoms with Crippen molar-refractivity contribution in [2.24, 2.45) is 11.3 Å². The summed E-state index contributed by atoms with van der Waals surface area (Å²) >= 11 is 1.49. The minimum atomic E-state index is -0.621. The first-order chi connectivity index (χ1) is 18.5. The van der Waals surface area contributed by atoms with Gasteiger partial charge in [0.1, 0.15) is 10.7 Å². The van der Waals surface area contributed by atoms with Crippen LogP contribution in [0, 0.1) is 18.3 Å². The molecule has 0 spiro atoms. The van der Waals surface area contributed by atoms with E-state index in [4.69, 9.17) is 9.72 Å². The van der Waals surface area contributed by atoms with Gasteiger partial charge in [0.25, 0.3) is 5.56 Å². The van der Waals surface area contributed by atoms with E-state index in [1.807, 2.05) is 52.0 Å². The molecule has 39 heavy (non-hydrogen) atoms. The molecule has 2 atom stereocenters. The van der Waals surface area contributed by atoms with Crippen molar-refractivity contribution in [1.82, 2.24) is 9.97 Å². The maximum absolute atomic E-state index is 13.3. The number of nitrogens with one attached hydrogen (secondary N) is 2. The molecular formula is C30H38N4O4S. The third-order valence-electron chi connectivity index (χ3n) is 7.15. The number of carbonyl (C=O) groups is 2. The van der Waals surface area contributed by atoms with Gasteiger partial charge in [-0.25, -0.2) is 4.79 Å². The normalized spacial score (nSPS) is 15.9. The Balaban J connectivity index is 1.62. The maximum atomic E-state index is 13.3. The molecular weight excluding hydrogens is 512 g/mol. The first kappa shape index (κ1) is 28.5. The molecule has 0 fully saturated rings. The monoisotopic (exact) mass is 550 g/mol. The van der Waals surface area contributed by atoms with Crippen LogP contribution in [0.1, 0.15) is 78.3 Å². The third kappa shape index (κ3) is 6.58. The molecule has 8 nitrogen and oxygen atoms in total. The van der Waals surface area contributed by atoms with Gasteiger partial charge in [-0.05, 0) is 63.1 Å². The molecule has 3 heterocycles. The largest absolute Gasteiger partial charge is 0.462 e. The standard InChI is InChI=1S/C30H38N4O4S/c1-7-38-27(36)24-15-18(2)23(39-24)14-13-20-16-22-25(34(17-20)19(3)21-11-9-8-10-12-21)31-29(32-26(22)35)33-28(37)30(4,5)6/h8-12,15,19-20H,7,13-14,16-17H2,1-6H3,(H2,31,32,33,35,37)/t19-,20-/m1/s1. The van der Waals surface area contributed by atoms with Crippen molar-refractivity contribution in [3.63, 3.8) is 0 Å². The average molecular weight is 551 g/mol. The fraction of sp³-hybridized carbons (Fsp3) is 0.467. The summed E-state index contributed by atoms with van der Waals surface area (Å²) in [5.41, 5.74) is 2.00. The number of thiophene rings is 1. The van der Waals surface area contributed by atoms with Crippen LogP contribution in [0.25, 0.3) is 0 Å². The zero-order valence-electron chi connectivity index (χ0n) is 23.6. The van der Waals surface area contributed by atoms with Gasteiger partial charge in [-0.1, -0.05) is 51.1 Å². The lowest BCUT2D eigenvalue weighted by Crippen LogP contribution is -2.41. The first-order valence-corrected chi connectivity index (χ1v) is 14.3. The fourth-order valence-electron chi connectivity index (χ4n) is 4.83. The molecule has 4 rings (SSSR count). The second-order valence-electron chi connectivity index (χ2n) is 11.2. The van der Waals surface area contributed by atoms with E-state index in [0.717, 1.165) is 30.5 Å². The molecule has 208 valence electrons. The number of ether oxygens (including phenoxy) is 1. The van der Waals surface area contributed by atoms with Gasteiger partial charge in [-0.3, -0.25) is 19.9 Å². The summed E-state index contributed by atoms with van der Waals surface area (Å²) < 4.78 is 5.17. The molecule has 3 aromatic rings. The number of nitrogens with zero attached hydrogens (tertiary/aromatic N) is 2. The fourth-order valence-corrected chi connectivity index (χ4v) is 5.92. The number of carbonyl (C=O) groups excluding carboxylic acids is 2. The number of benzene rings is 1.